The standard InChI is InChI=1S/C18H20N2O3S/c1-24-16-4-2-3-14(12-16)20-18(21)13-5-8-19-17(11-13)23-15-6-9-22-10-7-15/h2-5,8,11-12,15H,6-7,9-10H2,1H3,(H,20,21). The summed E-state index contributed by atoms with van der Waals surface area (Å²) in [5.74, 6) is 0.305. The molecular weight excluding hydrogens is 324 g/mol. The minimum atomic E-state index is -0.174. The highest BCUT2D eigenvalue weighted by Gasteiger charge is 2.16. The van der Waals surface area contributed by atoms with E-state index in [4.69, 9.17) is 9.47 Å². The Balaban J connectivity index is 1.67. The van der Waals surface area contributed by atoms with E-state index < -0.39 is 0 Å². The fraction of sp³-hybridized carbons (Fsp3) is 0.333. The molecule has 0 saturated carbocycles. The number of ether oxygens (including phenoxy) is 2. The van der Waals surface area contributed by atoms with Gasteiger partial charge in [0, 0.05) is 41.3 Å². The Morgan fingerprint density at radius 3 is 2.92 bits per heavy atom. The quantitative estimate of drug-likeness (QED) is 0.840. The third-order valence-corrected chi connectivity index (χ3v) is 4.51. The van der Waals surface area contributed by atoms with Gasteiger partial charge >= 0.3 is 0 Å². The first-order chi connectivity index (χ1) is 11.7. The summed E-state index contributed by atoms with van der Waals surface area (Å²) in [6, 6.07) is 11.1. The number of rotatable bonds is 5. The Labute approximate surface area is 145 Å². The van der Waals surface area contributed by atoms with Crippen molar-refractivity contribution in [1.82, 2.24) is 4.98 Å². The number of anilines is 1. The van der Waals surface area contributed by atoms with Crippen LogP contribution in [0.3, 0.4) is 0 Å². The van der Waals surface area contributed by atoms with Gasteiger partial charge in [0.25, 0.3) is 5.91 Å². The van der Waals surface area contributed by atoms with Gasteiger partial charge in [-0.2, -0.15) is 0 Å². The van der Waals surface area contributed by atoms with Gasteiger partial charge in [-0.15, -0.1) is 11.8 Å². The minimum Gasteiger partial charge on any atom is -0.474 e. The maximum atomic E-state index is 12.4. The summed E-state index contributed by atoms with van der Waals surface area (Å²) < 4.78 is 11.2. The number of hydrogen-bond acceptors (Lipinski definition) is 5. The first-order valence-electron chi connectivity index (χ1n) is 7.90. The normalized spacial score (nSPS) is 15.0. The highest BCUT2D eigenvalue weighted by atomic mass is 32.2. The zero-order valence-electron chi connectivity index (χ0n) is 13.5. The summed E-state index contributed by atoms with van der Waals surface area (Å²) in [7, 11) is 0. The van der Waals surface area contributed by atoms with Gasteiger partial charge in [-0.05, 0) is 30.5 Å². The zero-order chi connectivity index (χ0) is 16.8. The van der Waals surface area contributed by atoms with Crippen molar-refractivity contribution < 1.29 is 14.3 Å². The molecule has 1 aromatic carbocycles. The molecule has 1 fully saturated rings. The Hall–Kier alpha value is -2.05. The third kappa shape index (κ3) is 4.49. The molecule has 0 unspecified atom stereocenters. The topological polar surface area (TPSA) is 60.5 Å². The largest absolute Gasteiger partial charge is 0.474 e. The summed E-state index contributed by atoms with van der Waals surface area (Å²) in [5, 5.41) is 2.91. The molecular formula is C18H20N2O3S. The van der Waals surface area contributed by atoms with Gasteiger partial charge in [-0.3, -0.25) is 4.79 Å². The molecule has 1 aromatic heterocycles. The van der Waals surface area contributed by atoms with Crippen LogP contribution in [0.4, 0.5) is 5.69 Å². The fourth-order valence-corrected chi connectivity index (χ4v) is 2.94. The number of benzene rings is 1. The molecule has 2 aromatic rings. The van der Waals surface area contributed by atoms with E-state index in [0.29, 0.717) is 24.7 Å². The minimum absolute atomic E-state index is 0.0998. The molecule has 1 aliphatic heterocycles. The van der Waals surface area contributed by atoms with Crippen molar-refractivity contribution in [2.75, 3.05) is 24.8 Å². The van der Waals surface area contributed by atoms with Crippen molar-refractivity contribution in [2.24, 2.45) is 0 Å². The van der Waals surface area contributed by atoms with Crippen molar-refractivity contribution in [2.45, 2.75) is 23.8 Å². The fourth-order valence-electron chi connectivity index (χ4n) is 2.48. The maximum absolute atomic E-state index is 12.4. The predicted octanol–water partition coefficient (Wildman–Crippen LogP) is 3.61. The third-order valence-electron chi connectivity index (χ3n) is 3.78. The number of nitrogens with zero attached hydrogens (tertiary/aromatic N) is 1. The van der Waals surface area contributed by atoms with Gasteiger partial charge in [-0.1, -0.05) is 6.07 Å². The molecule has 5 nitrogen and oxygen atoms in total. The second-order valence-electron chi connectivity index (χ2n) is 5.50. The van der Waals surface area contributed by atoms with Crippen LogP contribution in [0.25, 0.3) is 0 Å². The first-order valence-corrected chi connectivity index (χ1v) is 9.13. The van der Waals surface area contributed by atoms with E-state index in [0.717, 1.165) is 23.4 Å². The van der Waals surface area contributed by atoms with Crippen LogP contribution in [-0.2, 0) is 4.74 Å². The van der Waals surface area contributed by atoms with Gasteiger partial charge < -0.3 is 14.8 Å². The lowest BCUT2D eigenvalue weighted by Gasteiger charge is -2.22. The summed E-state index contributed by atoms with van der Waals surface area (Å²) in [4.78, 5) is 17.7. The number of amides is 1. The number of nitrogens with one attached hydrogen (secondary N) is 1. The lowest BCUT2D eigenvalue weighted by atomic mass is 10.1. The van der Waals surface area contributed by atoms with Crippen LogP contribution in [0, 0.1) is 0 Å². The zero-order valence-corrected chi connectivity index (χ0v) is 14.3. The predicted molar refractivity (Wildman–Crippen MR) is 94.9 cm³/mol. The Morgan fingerprint density at radius 1 is 1.29 bits per heavy atom. The molecule has 2 heterocycles. The molecule has 126 valence electrons. The molecule has 0 radical (unpaired) electrons. The highest BCUT2D eigenvalue weighted by Crippen LogP contribution is 2.21. The van der Waals surface area contributed by atoms with Gasteiger partial charge in [0.15, 0.2) is 0 Å². The van der Waals surface area contributed by atoms with Crippen LogP contribution in [0.1, 0.15) is 23.2 Å². The van der Waals surface area contributed by atoms with Crippen LogP contribution in [0.15, 0.2) is 47.5 Å². The van der Waals surface area contributed by atoms with Crippen molar-refractivity contribution in [3.8, 4) is 5.88 Å². The van der Waals surface area contributed by atoms with E-state index in [1.165, 1.54) is 0 Å². The van der Waals surface area contributed by atoms with E-state index in [1.54, 1.807) is 30.1 Å². The Morgan fingerprint density at radius 2 is 2.12 bits per heavy atom. The van der Waals surface area contributed by atoms with Gasteiger partial charge in [0.05, 0.1) is 13.2 Å². The summed E-state index contributed by atoms with van der Waals surface area (Å²) >= 11 is 1.64. The number of carbonyl (C=O) groups excluding carboxylic acids is 1. The molecule has 1 N–H and O–H groups in total. The Kier molecular flexibility index (Phi) is 5.72. The first kappa shape index (κ1) is 16.8. The van der Waals surface area contributed by atoms with Crippen molar-refractivity contribution in [3.05, 3.63) is 48.2 Å². The van der Waals surface area contributed by atoms with Gasteiger partial charge in [0.2, 0.25) is 5.88 Å². The molecule has 0 spiro atoms. The van der Waals surface area contributed by atoms with Crippen molar-refractivity contribution in [3.63, 3.8) is 0 Å². The van der Waals surface area contributed by atoms with Crippen LogP contribution in [0.2, 0.25) is 0 Å². The number of aromatic nitrogens is 1. The average molecular weight is 344 g/mol. The lowest BCUT2D eigenvalue weighted by Crippen LogP contribution is -2.26. The van der Waals surface area contributed by atoms with E-state index in [2.05, 4.69) is 10.3 Å². The number of pyridine rings is 1. The van der Waals surface area contributed by atoms with Crippen molar-refractivity contribution in [1.29, 1.82) is 0 Å². The molecule has 1 aliphatic rings. The SMILES string of the molecule is CSc1cccc(NC(=O)c2ccnc(OC3CCOCC3)c2)c1. The van der Waals surface area contributed by atoms with Crippen LogP contribution in [-0.4, -0.2) is 36.5 Å². The van der Waals surface area contributed by atoms with E-state index in [9.17, 15) is 4.79 Å². The van der Waals surface area contributed by atoms with Crippen molar-refractivity contribution >= 4 is 23.4 Å². The molecule has 24 heavy (non-hydrogen) atoms. The van der Waals surface area contributed by atoms with E-state index in [1.807, 2.05) is 30.5 Å². The van der Waals surface area contributed by atoms with Gasteiger partial charge in [-0.25, -0.2) is 4.98 Å². The van der Waals surface area contributed by atoms with E-state index >= 15 is 0 Å². The van der Waals surface area contributed by atoms with Crippen LogP contribution >= 0.6 is 11.8 Å². The monoisotopic (exact) mass is 344 g/mol. The van der Waals surface area contributed by atoms with Gasteiger partial charge in [0.1, 0.15) is 6.10 Å². The average Bonchev–Trinajstić information content (AvgIpc) is 2.63. The number of thioether (sulfide) groups is 1. The summed E-state index contributed by atoms with van der Waals surface area (Å²) in [6.07, 6.45) is 5.40. The summed E-state index contributed by atoms with van der Waals surface area (Å²) in [6.45, 7) is 1.41. The molecule has 6 heteroatoms. The second kappa shape index (κ2) is 8.17. The molecule has 1 amide bonds. The smallest absolute Gasteiger partial charge is 0.255 e. The van der Waals surface area contributed by atoms with Crippen LogP contribution in [0.5, 0.6) is 5.88 Å². The Bertz CT molecular complexity index is 702. The van der Waals surface area contributed by atoms with E-state index in [-0.39, 0.29) is 12.0 Å². The molecule has 1 saturated heterocycles. The number of hydrogen-bond donors (Lipinski definition) is 1. The maximum Gasteiger partial charge on any atom is 0.255 e. The summed E-state index contributed by atoms with van der Waals surface area (Å²) in [5.41, 5.74) is 1.30. The molecule has 0 aliphatic carbocycles. The lowest BCUT2D eigenvalue weighted by molar-refractivity contribution is 0.0237. The molecule has 0 atom stereocenters. The molecule has 3 rings (SSSR count). The number of carbonyl (C=O) groups is 1. The second-order valence-corrected chi connectivity index (χ2v) is 6.38. The van der Waals surface area contributed by atoms with Crippen LogP contribution < -0.4 is 10.1 Å². The highest BCUT2D eigenvalue weighted by molar-refractivity contribution is 7.98. The molecule has 0 bridgehead atoms.